The van der Waals surface area contributed by atoms with Crippen molar-refractivity contribution in [2.75, 3.05) is 7.05 Å². The molecule has 1 heterocycles. The molecule has 3 heteroatoms. The number of hydrogen-bond acceptors (Lipinski definition) is 3. The first-order valence-electron chi connectivity index (χ1n) is 5.69. The van der Waals surface area contributed by atoms with Crippen LogP contribution < -0.4 is 10.1 Å². The van der Waals surface area contributed by atoms with Gasteiger partial charge >= 0.3 is 0 Å². The van der Waals surface area contributed by atoms with Crippen LogP contribution in [0.3, 0.4) is 0 Å². The summed E-state index contributed by atoms with van der Waals surface area (Å²) in [6.07, 6.45) is 0. The van der Waals surface area contributed by atoms with E-state index in [2.05, 4.69) is 17.4 Å². The van der Waals surface area contributed by atoms with Gasteiger partial charge in [0.25, 0.3) is 0 Å². The molecule has 0 fully saturated rings. The molecular formula is C14H17NO2. The lowest BCUT2D eigenvalue weighted by molar-refractivity contribution is 0.267. The number of ether oxygens (including phenoxy) is 1. The fraction of sp³-hybridized carbons (Fsp3) is 0.286. The molecule has 1 aromatic heterocycles. The monoisotopic (exact) mass is 231 g/mol. The summed E-state index contributed by atoms with van der Waals surface area (Å²) in [4.78, 5) is 0. The van der Waals surface area contributed by atoms with Gasteiger partial charge < -0.3 is 14.5 Å². The van der Waals surface area contributed by atoms with Crippen LogP contribution in [0.1, 0.15) is 17.1 Å². The predicted molar refractivity (Wildman–Crippen MR) is 67.0 cm³/mol. The summed E-state index contributed by atoms with van der Waals surface area (Å²) < 4.78 is 11.1. The molecule has 0 unspecified atom stereocenters. The van der Waals surface area contributed by atoms with Gasteiger partial charge in [-0.15, -0.1) is 0 Å². The van der Waals surface area contributed by atoms with Gasteiger partial charge in [0.15, 0.2) is 0 Å². The van der Waals surface area contributed by atoms with Gasteiger partial charge in [0, 0.05) is 6.54 Å². The molecular weight excluding hydrogens is 214 g/mol. The summed E-state index contributed by atoms with van der Waals surface area (Å²) in [6.45, 7) is 3.27. The molecule has 0 radical (unpaired) electrons. The molecule has 0 bridgehead atoms. The normalized spacial score (nSPS) is 10.5. The summed E-state index contributed by atoms with van der Waals surface area (Å²) in [6, 6.07) is 11.9. The number of nitrogens with one attached hydrogen (secondary N) is 1. The van der Waals surface area contributed by atoms with Crippen molar-refractivity contribution in [2.24, 2.45) is 0 Å². The molecule has 17 heavy (non-hydrogen) atoms. The minimum absolute atomic E-state index is 0.471. The van der Waals surface area contributed by atoms with Crippen molar-refractivity contribution >= 4 is 0 Å². The van der Waals surface area contributed by atoms with Crippen molar-refractivity contribution in [3.8, 4) is 5.75 Å². The summed E-state index contributed by atoms with van der Waals surface area (Å²) in [5, 5.41) is 3.11. The Labute approximate surface area is 101 Å². The predicted octanol–water partition coefficient (Wildman–Crippen LogP) is 2.89. The average Bonchev–Trinajstić information content (AvgIpc) is 2.75. The van der Waals surface area contributed by atoms with Crippen LogP contribution in [-0.4, -0.2) is 7.05 Å². The van der Waals surface area contributed by atoms with Crippen molar-refractivity contribution in [1.29, 1.82) is 0 Å². The summed E-state index contributed by atoms with van der Waals surface area (Å²) in [5.41, 5.74) is 1.24. The Morgan fingerprint density at radius 2 is 1.88 bits per heavy atom. The third kappa shape index (κ3) is 3.36. The lowest BCUT2D eigenvalue weighted by atomic mass is 10.2. The van der Waals surface area contributed by atoms with E-state index >= 15 is 0 Å². The van der Waals surface area contributed by atoms with Crippen LogP contribution in [0, 0.1) is 6.92 Å². The second-order valence-corrected chi connectivity index (χ2v) is 3.98. The van der Waals surface area contributed by atoms with Gasteiger partial charge in [-0.05, 0) is 43.8 Å². The Bertz CT molecular complexity index is 459. The SMILES string of the molecule is CNCc1ccc(OCc2ccc(C)o2)cc1. The van der Waals surface area contributed by atoms with Crippen molar-refractivity contribution in [2.45, 2.75) is 20.1 Å². The second kappa shape index (κ2) is 5.55. The van der Waals surface area contributed by atoms with E-state index in [4.69, 9.17) is 9.15 Å². The molecule has 0 aliphatic carbocycles. The molecule has 90 valence electrons. The van der Waals surface area contributed by atoms with Gasteiger partial charge in [-0.25, -0.2) is 0 Å². The van der Waals surface area contributed by atoms with Crippen molar-refractivity contribution in [3.63, 3.8) is 0 Å². The smallest absolute Gasteiger partial charge is 0.146 e. The molecule has 0 spiro atoms. The molecule has 0 saturated carbocycles. The first-order valence-corrected chi connectivity index (χ1v) is 5.69. The highest BCUT2D eigenvalue weighted by atomic mass is 16.5. The molecule has 0 aliphatic heterocycles. The van der Waals surface area contributed by atoms with E-state index in [1.165, 1.54) is 5.56 Å². The number of hydrogen-bond donors (Lipinski definition) is 1. The van der Waals surface area contributed by atoms with E-state index in [0.717, 1.165) is 23.8 Å². The maximum atomic E-state index is 5.62. The Kier molecular flexibility index (Phi) is 3.83. The van der Waals surface area contributed by atoms with Crippen LogP contribution in [0.25, 0.3) is 0 Å². The Hall–Kier alpha value is -1.74. The molecule has 0 amide bonds. The van der Waals surface area contributed by atoms with Crippen molar-refractivity contribution in [1.82, 2.24) is 5.32 Å². The van der Waals surface area contributed by atoms with E-state index in [9.17, 15) is 0 Å². The number of benzene rings is 1. The topological polar surface area (TPSA) is 34.4 Å². The summed E-state index contributed by atoms with van der Waals surface area (Å²) >= 11 is 0. The van der Waals surface area contributed by atoms with Gasteiger partial charge in [0.1, 0.15) is 23.9 Å². The lowest BCUT2D eigenvalue weighted by Gasteiger charge is -2.05. The zero-order valence-electron chi connectivity index (χ0n) is 10.2. The van der Waals surface area contributed by atoms with Gasteiger partial charge in [-0.1, -0.05) is 12.1 Å². The summed E-state index contributed by atoms with van der Waals surface area (Å²) in [5.74, 6) is 2.62. The molecule has 1 aromatic carbocycles. The standard InChI is InChI=1S/C14H17NO2/c1-11-3-6-14(17-11)10-16-13-7-4-12(5-8-13)9-15-2/h3-8,15H,9-10H2,1-2H3. The van der Waals surface area contributed by atoms with Crippen LogP contribution in [-0.2, 0) is 13.2 Å². The number of furan rings is 1. The van der Waals surface area contributed by atoms with Crippen LogP contribution in [0.15, 0.2) is 40.8 Å². The van der Waals surface area contributed by atoms with Crippen LogP contribution in [0.5, 0.6) is 5.75 Å². The van der Waals surface area contributed by atoms with Crippen LogP contribution >= 0.6 is 0 Å². The van der Waals surface area contributed by atoms with Gasteiger partial charge in [0.2, 0.25) is 0 Å². The molecule has 3 nitrogen and oxygen atoms in total. The maximum Gasteiger partial charge on any atom is 0.146 e. The van der Waals surface area contributed by atoms with Gasteiger partial charge in [-0.2, -0.15) is 0 Å². The number of aryl methyl sites for hydroxylation is 1. The fourth-order valence-corrected chi connectivity index (χ4v) is 1.62. The minimum Gasteiger partial charge on any atom is -0.486 e. The Morgan fingerprint density at radius 3 is 2.47 bits per heavy atom. The first kappa shape index (κ1) is 11.7. The molecule has 0 aliphatic rings. The second-order valence-electron chi connectivity index (χ2n) is 3.98. The van der Waals surface area contributed by atoms with Crippen molar-refractivity contribution in [3.05, 3.63) is 53.5 Å². The van der Waals surface area contributed by atoms with E-state index in [-0.39, 0.29) is 0 Å². The third-order valence-corrected chi connectivity index (χ3v) is 2.48. The highest BCUT2D eigenvalue weighted by Crippen LogP contribution is 2.15. The van der Waals surface area contributed by atoms with E-state index in [1.54, 1.807) is 0 Å². The average molecular weight is 231 g/mol. The number of rotatable bonds is 5. The molecule has 0 atom stereocenters. The zero-order valence-corrected chi connectivity index (χ0v) is 10.2. The van der Waals surface area contributed by atoms with Crippen LogP contribution in [0.2, 0.25) is 0 Å². The molecule has 2 rings (SSSR count). The maximum absolute atomic E-state index is 5.62. The molecule has 2 aromatic rings. The zero-order chi connectivity index (χ0) is 12.1. The van der Waals surface area contributed by atoms with Crippen molar-refractivity contribution < 1.29 is 9.15 Å². The molecule has 0 saturated heterocycles. The van der Waals surface area contributed by atoms with Gasteiger partial charge in [-0.3, -0.25) is 0 Å². The minimum atomic E-state index is 0.471. The summed E-state index contributed by atoms with van der Waals surface area (Å²) in [7, 11) is 1.93. The Balaban J connectivity index is 1.90. The van der Waals surface area contributed by atoms with Gasteiger partial charge in [0.05, 0.1) is 0 Å². The molecule has 1 N–H and O–H groups in total. The van der Waals surface area contributed by atoms with E-state index < -0.39 is 0 Å². The third-order valence-electron chi connectivity index (χ3n) is 2.48. The quantitative estimate of drug-likeness (QED) is 0.859. The first-order chi connectivity index (χ1) is 8.28. The van der Waals surface area contributed by atoms with E-state index in [1.807, 2.05) is 38.2 Å². The lowest BCUT2D eigenvalue weighted by Crippen LogP contribution is -2.04. The highest BCUT2D eigenvalue weighted by Gasteiger charge is 2.00. The Morgan fingerprint density at radius 1 is 1.12 bits per heavy atom. The van der Waals surface area contributed by atoms with Crippen LogP contribution in [0.4, 0.5) is 0 Å². The van der Waals surface area contributed by atoms with E-state index in [0.29, 0.717) is 6.61 Å². The highest BCUT2D eigenvalue weighted by molar-refractivity contribution is 5.27. The largest absolute Gasteiger partial charge is 0.486 e. The fourth-order valence-electron chi connectivity index (χ4n) is 1.62.